The van der Waals surface area contributed by atoms with Crippen molar-refractivity contribution in [2.75, 3.05) is 0 Å². The summed E-state index contributed by atoms with van der Waals surface area (Å²) in [5.74, 6) is 1.78. The molecule has 0 bridgehead atoms. The topological polar surface area (TPSA) is 0 Å². The third-order valence-electron chi connectivity index (χ3n) is 4.12. The molecule has 2 atom stereocenters. The molecular formula is C10H12. The van der Waals surface area contributed by atoms with Crippen molar-refractivity contribution in [3.63, 3.8) is 0 Å². The van der Waals surface area contributed by atoms with Crippen molar-refractivity contribution in [2.45, 2.75) is 13.8 Å². The number of rotatable bonds is 0. The predicted octanol–water partition coefficient (Wildman–Crippen LogP) is 2.38. The fraction of sp³-hybridized carbons (Fsp3) is 0.600. The van der Waals surface area contributed by atoms with Crippen LogP contribution in [0, 0.1) is 22.7 Å². The normalized spacial score (nSPS) is 67.0. The molecule has 1 fully saturated rings. The van der Waals surface area contributed by atoms with Crippen LogP contribution >= 0.6 is 0 Å². The molecule has 0 aromatic carbocycles. The van der Waals surface area contributed by atoms with E-state index < -0.39 is 0 Å². The van der Waals surface area contributed by atoms with Crippen LogP contribution in [0.5, 0.6) is 0 Å². The zero-order chi connectivity index (χ0) is 6.98. The minimum Gasteiger partial charge on any atom is -0.0833 e. The van der Waals surface area contributed by atoms with E-state index in [1.165, 1.54) is 0 Å². The molecule has 0 saturated heterocycles. The zero-order valence-corrected chi connectivity index (χ0v) is 6.46. The van der Waals surface area contributed by atoms with Gasteiger partial charge in [0.05, 0.1) is 0 Å². The van der Waals surface area contributed by atoms with Crippen LogP contribution < -0.4 is 0 Å². The molecule has 0 aromatic rings. The van der Waals surface area contributed by atoms with Crippen molar-refractivity contribution in [1.82, 2.24) is 0 Å². The van der Waals surface area contributed by atoms with Gasteiger partial charge in [0.25, 0.3) is 0 Å². The number of hydrogen-bond donors (Lipinski definition) is 0. The van der Waals surface area contributed by atoms with E-state index >= 15 is 0 Å². The van der Waals surface area contributed by atoms with Gasteiger partial charge in [0.1, 0.15) is 0 Å². The van der Waals surface area contributed by atoms with Gasteiger partial charge in [0.15, 0.2) is 0 Å². The zero-order valence-electron chi connectivity index (χ0n) is 6.46. The van der Waals surface area contributed by atoms with Gasteiger partial charge >= 0.3 is 0 Å². The van der Waals surface area contributed by atoms with Crippen LogP contribution in [0.2, 0.25) is 0 Å². The molecular weight excluding hydrogens is 120 g/mol. The van der Waals surface area contributed by atoms with Gasteiger partial charge in [-0.1, -0.05) is 38.2 Å². The summed E-state index contributed by atoms with van der Waals surface area (Å²) >= 11 is 0. The van der Waals surface area contributed by atoms with Crippen LogP contribution in [0.4, 0.5) is 0 Å². The Morgan fingerprint density at radius 1 is 1.00 bits per heavy atom. The lowest BCUT2D eigenvalue weighted by atomic mass is 9.79. The van der Waals surface area contributed by atoms with Crippen molar-refractivity contribution in [3.8, 4) is 0 Å². The first-order chi connectivity index (χ1) is 4.68. The van der Waals surface area contributed by atoms with Crippen LogP contribution in [0.15, 0.2) is 24.3 Å². The van der Waals surface area contributed by atoms with Gasteiger partial charge in [0.2, 0.25) is 0 Å². The number of allylic oxidation sites excluding steroid dienone is 4. The standard InChI is InChI=1S/C10H12/c1-9-5-3-7-8(4-6-9)10(7,9)2/h3-8H,1-2H3/t7-,8-,9?,10?/m0/s1. The van der Waals surface area contributed by atoms with E-state index in [1.54, 1.807) is 0 Å². The van der Waals surface area contributed by atoms with Gasteiger partial charge < -0.3 is 0 Å². The van der Waals surface area contributed by atoms with E-state index in [9.17, 15) is 0 Å². The molecule has 0 radical (unpaired) electrons. The van der Waals surface area contributed by atoms with E-state index in [2.05, 4.69) is 38.2 Å². The molecule has 3 aliphatic rings. The fourth-order valence-electron chi connectivity index (χ4n) is 2.96. The summed E-state index contributed by atoms with van der Waals surface area (Å²) in [6.07, 6.45) is 9.59. The smallest absolute Gasteiger partial charge is 0.00983 e. The Morgan fingerprint density at radius 3 is 1.80 bits per heavy atom. The summed E-state index contributed by atoms with van der Waals surface area (Å²) in [5, 5.41) is 0. The van der Waals surface area contributed by atoms with Crippen LogP contribution in [0.25, 0.3) is 0 Å². The Labute approximate surface area is 61.6 Å². The Balaban J connectivity index is 2.26. The SMILES string of the molecule is CC12C=C[C@H]3[C@H](C=C1)C32C. The first kappa shape index (κ1) is 5.17. The molecule has 1 saturated carbocycles. The van der Waals surface area contributed by atoms with Crippen LogP contribution in [0.1, 0.15) is 13.8 Å². The summed E-state index contributed by atoms with van der Waals surface area (Å²) in [7, 11) is 0. The highest BCUT2D eigenvalue weighted by molar-refractivity contribution is 5.44. The van der Waals surface area contributed by atoms with Crippen molar-refractivity contribution in [2.24, 2.45) is 22.7 Å². The Morgan fingerprint density at radius 2 is 1.50 bits per heavy atom. The number of hydrogen-bond acceptors (Lipinski definition) is 0. The second-order valence-electron chi connectivity index (χ2n) is 4.34. The summed E-state index contributed by atoms with van der Waals surface area (Å²) < 4.78 is 0. The summed E-state index contributed by atoms with van der Waals surface area (Å²) in [5.41, 5.74) is 1.02. The minimum absolute atomic E-state index is 0.419. The van der Waals surface area contributed by atoms with Crippen molar-refractivity contribution in [3.05, 3.63) is 24.3 Å². The molecule has 0 heteroatoms. The second-order valence-corrected chi connectivity index (χ2v) is 4.34. The molecule has 0 aliphatic heterocycles. The quantitative estimate of drug-likeness (QED) is 0.444. The highest BCUT2D eigenvalue weighted by Gasteiger charge is 2.71. The van der Waals surface area contributed by atoms with Crippen molar-refractivity contribution >= 4 is 0 Å². The first-order valence-electron chi connectivity index (χ1n) is 4.07. The lowest BCUT2D eigenvalue weighted by Gasteiger charge is -2.24. The van der Waals surface area contributed by atoms with Crippen molar-refractivity contribution in [1.29, 1.82) is 0 Å². The largest absolute Gasteiger partial charge is 0.0833 e. The Bertz CT molecular complexity index is 237. The monoisotopic (exact) mass is 132 g/mol. The molecule has 0 spiro atoms. The third kappa shape index (κ3) is 0.264. The molecule has 3 aliphatic carbocycles. The van der Waals surface area contributed by atoms with Gasteiger partial charge in [-0.2, -0.15) is 0 Å². The van der Waals surface area contributed by atoms with Crippen LogP contribution in [0.3, 0.4) is 0 Å². The van der Waals surface area contributed by atoms with E-state index in [4.69, 9.17) is 0 Å². The molecule has 10 heavy (non-hydrogen) atoms. The average Bonchev–Trinajstić information content (AvgIpc) is 2.36. The maximum atomic E-state index is 2.42. The van der Waals surface area contributed by atoms with Gasteiger partial charge in [-0.25, -0.2) is 0 Å². The molecule has 0 nitrogen and oxygen atoms in total. The highest BCUT2D eigenvalue weighted by Crippen LogP contribution is 2.76. The van der Waals surface area contributed by atoms with Gasteiger partial charge in [0, 0.05) is 5.41 Å². The predicted molar refractivity (Wildman–Crippen MR) is 41.5 cm³/mol. The fourth-order valence-corrected chi connectivity index (χ4v) is 2.96. The van der Waals surface area contributed by atoms with Gasteiger partial charge in [-0.05, 0) is 17.3 Å². The van der Waals surface area contributed by atoms with Crippen LogP contribution in [-0.4, -0.2) is 0 Å². The molecule has 0 aromatic heterocycles. The molecule has 0 N–H and O–H groups in total. The second kappa shape index (κ2) is 1.03. The molecule has 3 rings (SSSR count). The van der Waals surface area contributed by atoms with Gasteiger partial charge in [-0.3, -0.25) is 0 Å². The lowest BCUT2D eigenvalue weighted by molar-refractivity contribution is 0.333. The van der Waals surface area contributed by atoms with Gasteiger partial charge in [-0.15, -0.1) is 0 Å². The van der Waals surface area contributed by atoms with Crippen LogP contribution in [-0.2, 0) is 0 Å². The molecule has 0 heterocycles. The maximum Gasteiger partial charge on any atom is 0.00983 e. The number of fused-ring (bicyclic) bond motifs is 1. The third-order valence-corrected chi connectivity index (χ3v) is 4.12. The van der Waals surface area contributed by atoms with E-state index in [1.807, 2.05) is 0 Å². The Hall–Kier alpha value is -0.520. The minimum atomic E-state index is 0.419. The molecule has 52 valence electrons. The summed E-state index contributed by atoms with van der Waals surface area (Å²) in [6.45, 7) is 4.77. The molecule has 0 unspecified atom stereocenters. The van der Waals surface area contributed by atoms with E-state index in [-0.39, 0.29) is 0 Å². The first-order valence-corrected chi connectivity index (χ1v) is 4.07. The maximum absolute atomic E-state index is 2.42. The lowest BCUT2D eigenvalue weighted by Crippen LogP contribution is -2.18. The summed E-state index contributed by atoms with van der Waals surface area (Å²) in [4.78, 5) is 0. The van der Waals surface area contributed by atoms with Crippen molar-refractivity contribution < 1.29 is 0 Å². The Kier molecular flexibility index (Phi) is 0.532. The van der Waals surface area contributed by atoms with E-state index in [0.717, 1.165) is 11.8 Å². The average molecular weight is 132 g/mol. The van der Waals surface area contributed by atoms with E-state index in [0.29, 0.717) is 10.8 Å². The highest BCUT2D eigenvalue weighted by atomic mass is 14.7. The summed E-state index contributed by atoms with van der Waals surface area (Å²) in [6, 6.07) is 0. The molecule has 0 amide bonds.